The summed E-state index contributed by atoms with van der Waals surface area (Å²) in [5, 5.41) is 2.17. The molecule has 0 fully saturated rings. The van der Waals surface area contributed by atoms with Gasteiger partial charge in [-0.05, 0) is 37.8 Å². The second-order valence-electron chi connectivity index (χ2n) is 5.10. The summed E-state index contributed by atoms with van der Waals surface area (Å²) in [6.07, 6.45) is 3.88. The summed E-state index contributed by atoms with van der Waals surface area (Å²) < 4.78 is 11.8. The Morgan fingerprint density at radius 3 is 1.50 bits per heavy atom. The number of benzene rings is 2. The fourth-order valence-corrected chi connectivity index (χ4v) is 2.63. The highest BCUT2D eigenvalue weighted by atomic mass is 35.5. The molecule has 0 aliphatic heterocycles. The van der Waals surface area contributed by atoms with Crippen molar-refractivity contribution in [3.8, 4) is 11.5 Å². The van der Waals surface area contributed by atoms with Crippen LogP contribution in [0.15, 0.2) is 36.4 Å². The summed E-state index contributed by atoms with van der Waals surface area (Å²) >= 11 is 11.4. The number of hydrogen-bond donors (Lipinski definition) is 0. The average molecular weight is 341 g/mol. The van der Waals surface area contributed by atoms with Gasteiger partial charge in [0, 0.05) is 22.5 Å². The van der Waals surface area contributed by atoms with Crippen LogP contribution in [0.25, 0.3) is 10.8 Å². The SMILES string of the molecule is ClCCCCOc1ccc(OCCCCCl)c2ccccc12. The molecule has 0 saturated heterocycles. The zero-order valence-electron chi connectivity index (χ0n) is 12.7. The molecule has 0 aliphatic rings. The Kier molecular flexibility index (Phi) is 7.68. The minimum absolute atomic E-state index is 0.680. The highest BCUT2D eigenvalue weighted by Crippen LogP contribution is 2.33. The molecule has 0 amide bonds. The van der Waals surface area contributed by atoms with Crippen LogP contribution in [0.5, 0.6) is 11.5 Å². The lowest BCUT2D eigenvalue weighted by molar-refractivity contribution is 0.306. The van der Waals surface area contributed by atoms with E-state index in [-0.39, 0.29) is 0 Å². The van der Waals surface area contributed by atoms with Crippen LogP contribution >= 0.6 is 23.2 Å². The standard InChI is InChI=1S/C18H22Cl2O2/c19-11-3-5-13-21-17-9-10-18(22-14-6-4-12-20)16-8-2-1-7-15(16)17/h1-2,7-10H,3-6,11-14H2. The zero-order chi connectivity index (χ0) is 15.6. The van der Waals surface area contributed by atoms with Crippen molar-refractivity contribution in [3.63, 3.8) is 0 Å². The van der Waals surface area contributed by atoms with E-state index in [0.717, 1.165) is 48.0 Å². The summed E-state index contributed by atoms with van der Waals surface area (Å²) in [7, 11) is 0. The first-order valence-corrected chi connectivity index (χ1v) is 8.83. The molecule has 0 atom stereocenters. The molecular weight excluding hydrogens is 319 g/mol. The molecule has 2 rings (SSSR count). The second-order valence-corrected chi connectivity index (χ2v) is 5.85. The maximum absolute atomic E-state index is 5.89. The predicted octanol–water partition coefficient (Wildman–Crippen LogP) is 5.64. The van der Waals surface area contributed by atoms with Gasteiger partial charge in [-0.2, -0.15) is 0 Å². The lowest BCUT2D eigenvalue weighted by Gasteiger charge is -2.13. The third-order valence-electron chi connectivity index (χ3n) is 3.42. The van der Waals surface area contributed by atoms with E-state index in [2.05, 4.69) is 12.1 Å². The Labute approximate surface area is 142 Å². The molecule has 2 nitrogen and oxygen atoms in total. The van der Waals surface area contributed by atoms with Crippen molar-refractivity contribution in [1.82, 2.24) is 0 Å². The predicted molar refractivity (Wildman–Crippen MR) is 94.8 cm³/mol. The van der Waals surface area contributed by atoms with Gasteiger partial charge in [0.1, 0.15) is 11.5 Å². The van der Waals surface area contributed by atoms with Gasteiger partial charge in [-0.3, -0.25) is 0 Å². The van der Waals surface area contributed by atoms with E-state index < -0.39 is 0 Å². The number of rotatable bonds is 10. The number of fused-ring (bicyclic) bond motifs is 1. The second kappa shape index (κ2) is 9.81. The minimum atomic E-state index is 0.680. The van der Waals surface area contributed by atoms with E-state index in [1.165, 1.54) is 0 Å². The van der Waals surface area contributed by atoms with Crippen LogP contribution in [0, 0.1) is 0 Å². The Balaban J connectivity index is 2.08. The number of unbranched alkanes of at least 4 members (excludes halogenated alkanes) is 2. The average Bonchev–Trinajstić information content (AvgIpc) is 2.56. The summed E-state index contributed by atoms with van der Waals surface area (Å²) in [5.74, 6) is 3.16. The highest BCUT2D eigenvalue weighted by Gasteiger charge is 2.07. The van der Waals surface area contributed by atoms with E-state index in [9.17, 15) is 0 Å². The van der Waals surface area contributed by atoms with E-state index in [4.69, 9.17) is 32.7 Å². The largest absolute Gasteiger partial charge is 0.493 e. The normalized spacial score (nSPS) is 10.8. The van der Waals surface area contributed by atoms with Gasteiger partial charge < -0.3 is 9.47 Å². The van der Waals surface area contributed by atoms with E-state index in [1.54, 1.807) is 0 Å². The number of ether oxygens (including phenoxy) is 2. The van der Waals surface area contributed by atoms with Gasteiger partial charge >= 0.3 is 0 Å². The van der Waals surface area contributed by atoms with Gasteiger partial charge in [0.15, 0.2) is 0 Å². The van der Waals surface area contributed by atoms with E-state index in [0.29, 0.717) is 25.0 Å². The minimum Gasteiger partial charge on any atom is -0.493 e. The molecule has 0 aromatic heterocycles. The molecule has 0 spiro atoms. The van der Waals surface area contributed by atoms with Crippen LogP contribution in [-0.4, -0.2) is 25.0 Å². The zero-order valence-corrected chi connectivity index (χ0v) is 14.2. The molecule has 22 heavy (non-hydrogen) atoms. The Hall–Kier alpha value is -1.12. The molecular formula is C18H22Cl2O2. The molecule has 0 unspecified atom stereocenters. The van der Waals surface area contributed by atoms with Crippen molar-refractivity contribution >= 4 is 34.0 Å². The first kappa shape index (κ1) is 17.2. The van der Waals surface area contributed by atoms with Crippen molar-refractivity contribution in [2.24, 2.45) is 0 Å². The van der Waals surface area contributed by atoms with Gasteiger partial charge in [0.2, 0.25) is 0 Å². The number of hydrogen-bond acceptors (Lipinski definition) is 2. The molecule has 0 aliphatic carbocycles. The van der Waals surface area contributed by atoms with Crippen LogP contribution in [0.1, 0.15) is 25.7 Å². The third-order valence-corrected chi connectivity index (χ3v) is 3.95. The van der Waals surface area contributed by atoms with Gasteiger partial charge in [-0.15, -0.1) is 23.2 Å². The molecule has 4 heteroatoms. The monoisotopic (exact) mass is 340 g/mol. The Morgan fingerprint density at radius 1 is 0.636 bits per heavy atom. The quantitative estimate of drug-likeness (QED) is 0.411. The van der Waals surface area contributed by atoms with Gasteiger partial charge in [0.25, 0.3) is 0 Å². The molecule has 0 saturated carbocycles. The van der Waals surface area contributed by atoms with Crippen LogP contribution in [0.2, 0.25) is 0 Å². The number of halogens is 2. The maximum Gasteiger partial charge on any atom is 0.127 e. The molecule has 0 N–H and O–H groups in total. The summed E-state index contributed by atoms with van der Waals surface area (Å²) in [6.45, 7) is 1.37. The smallest absolute Gasteiger partial charge is 0.127 e. The fourth-order valence-electron chi connectivity index (χ4n) is 2.25. The highest BCUT2D eigenvalue weighted by molar-refractivity contribution is 6.18. The van der Waals surface area contributed by atoms with Crippen LogP contribution < -0.4 is 9.47 Å². The van der Waals surface area contributed by atoms with Crippen LogP contribution in [-0.2, 0) is 0 Å². The topological polar surface area (TPSA) is 18.5 Å². The number of alkyl halides is 2. The van der Waals surface area contributed by atoms with Crippen molar-refractivity contribution in [1.29, 1.82) is 0 Å². The van der Waals surface area contributed by atoms with E-state index in [1.807, 2.05) is 24.3 Å². The van der Waals surface area contributed by atoms with Gasteiger partial charge in [-0.1, -0.05) is 24.3 Å². The van der Waals surface area contributed by atoms with Crippen molar-refractivity contribution in [2.75, 3.05) is 25.0 Å². The summed E-state index contributed by atoms with van der Waals surface area (Å²) in [6, 6.07) is 12.1. The first-order chi connectivity index (χ1) is 10.9. The van der Waals surface area contributed by atoms with Gasteiger partial charge in [0.05, 0.1) is 13.2 Å². The first-order valence-electron chi connectivity index (χ1n) is 7.76. The molecule has 0 heterocycles. The Bertz CT molecular complexity index is 522. The fraction of sp³-hybridized carbons (Fsp3) is 0.444. The van der Waals surface area contributed by atoms with Crippen LogP contribution in [0.3, 0.4) is 0 Å². The lowest BCUT2D eigenvalue weighted by atomic mass is 10.1. The molecule has 0 bridgehead atoms. The third kappa shape index (κ3) is 4.96. The van der Waals surface area contributed by atoms with E-state index >= 15 is 0 Å². The molecule has 0 radical (unpaired) electrons. The molecule has 120 valence electrons. The lowest BCUT2D eigenvalue weighted by Crippen LogP contribution is -2.01. The van der Waals surface area contributed by atoms with Crippen LogP contribution in [0.4, 0.5) is 0 Å². The van der Waals surface area contributed by atoms with Crippen molar-refractivity contribution in [2.45, 2.75) is 25.7 Å². The molecule has 2 aromatic rings. The van der Waals surface area contributed by atoms with Crippen molar-refractivity contribution in [3.05, 3.63) is 36.4 Å². The summed E-state index contributed by atoms with van der Waals surface area (Å²) in [5.41, 5.74) is 0. The molecule has 2 aromatic carbocycles. The van der Waals surface area contributed by atoms with Crippen molar-refractivity contribution < 1.29 is 9.47 Å². The summed E-state index contributed by atoms with van der Waals surface area (Å²) in [4.78, 5) is 0. The maximum atomic E-state index is 5.89. The van der Waals surface area contributed by atoms with Gasteiger partial charge in [-0.25, -0.2) is 0 Å². The Morgan fingerprint density at radius 2 is 1.09 bits per heavy atom.